The molecule has 0 bridgehead atoms. The number of nitrogens with one attached hydrogen (secondary N) is 1. The minimum atomic E-state index is -0.263. The summed E-state index contributed by atoms with van der Waals surface area (Å²) in [6, 6.07) is 3.88. The summed E-state index contributed by atoms with van der Waals surface area (Å²) >= 11 is 0.361. The Morgan fingerprint density at radius 2 is 2.54 bits per heavy atom. The van der Waals surface area contributed by atoms with Crippen LogP contribution in [0.4, 0.5) is 0 Å². The summed E-state index contributed by atoms with van der Waals surface area (Å²) in [6.45, 7) is 2.22. The molecule has 0 aliphatic carbocycles. The molecule has 4 heteroatoms. The van der Waals surface area contributed by atoms with Gasteiger partial charge in [-0.15, -0.1) is 0 Å². The first kappa shape index (κ1) is 8.60. The third-order valence-electron chi connectivity index (χ3n) is 1.74. The van der Waals surface area contributed by atoms with E-state index in [1.807, 2.05) is 12.1 Å². The van der Waals surface area contributed by atoms with Gasteiger partial charge < -0.3 is 0 Å². The van der Waals surface area contributed by atoms with Crippen molar-refractivity contribution in [3.63, 3.8) is 0 Å². The van der Waals surface area contributed by atoms with Crippen molar-refractivity contribution in [2.75, 3.05) is 6.61 Å². The molecule has 2 aromatic heterocycles. The van der Waals surface area contributed by atoms with Gasteiger partial charge in [0.15, 0.2) is 0 Å². The second-order valence-corrected chi connectivity index (χ2v) is 4.53. The summed E-state index contributed by atoms with van der Waals surface area (Å²) in [5.41, 5.74) is 0.568. The van der Waals surface area contributed by atoms with Gasteiger partial charge in [-0.3, -0.25) is 0 Å². The zero-order valence-electron chi connectivity index (χ0n) is 7.16. The Morgan fingerprint density at radius 3 is 3.23 bits per heavy atom. The number of hydrogen-bond donors (Lipinski definition) is 1. The molecule has 0 saturated heterocycles. The Bertz CT molecular complexity index is 401. The number of hydrogen-bond acceptors (Lipinski definition) is 2. The van der Waals surface area contributed by atoms with Crippen LogP contribution in [0.25, 0.3) is 9.78 Å². The van der Waals surface area contributed by atoms with E-state index in [9.17, 15) is 4.79 Å². The van der Waals surface area contributed by atoms with Crippen molar-refractivity contribution in [1.82, 2.24) is 4.98 Å². The third-order valence-corrected chi connectivity index (χ3v) is 3.51. The molecule has 0 amide bonds. The van der Waals surface area contributed by atoms with E-state index in [0.29, 0.717) is 26.8 Å². The average Bonchev–Trinajstić information content (AvgIpc) is 2.61. The molecule has 0 unspecified atom stereocenters. The summed E-state index contributed by atoms with van der Waals surface area (Å²) in [7, 11) is 0. The normalized spacial score (nSPS) is 10.5. The fourth-order valence-corrected chi connectivity index (χ4v) is 2.81. The van der Waals surface area contributed by atoms with Crippen LogP contribution in [0.3, 0.4) is 0 Å². The van der Waals surface area contributed by atoms with Crippen molar-refractivity contribution in [3.05, 3.63) is 22.8 Å². The minimum absolute atomic E-state index is 0.263. The van der Waals surface area contributed by atoms with E-state index in [4.69, 9.17) is 4.74 Å². The SMILES string of the molecule is CCOC(=O)c1cc2cc[se]c2[nH]1. The first-order valence-electron chi connectivity index (χ1n) is 4.04. The number of rotatable bonds is 2. The molecule has 0 aliphatic heterocycles. The molecule has 0 atom stereocenters. The number of fused-ring (bicyclic) bond motifs is 1. The molecule has 2 heterocycles. The number of aromatic amines is 1. The van der Waals surface area contributed by atoms with E-state index in [-0.39, 0.29) is 5.97 Å². The van der Waals surface area contributed by atoms with Gasteiger partial charge in [0.1, 0.15) is 0 Å². The monoisotopic (exact) mass is 243 g/mol. The topological polar surface area (TPSA) is 42.1 Å². The molecule has 0 aliphatic rings. The zero-order chi connectivity index (χ0) is 9.26. The fourth-order valence-electron chi connectivity index (χ4n) is 1.17. The number of carbonyl (C=O) groups excluding carboxylic acids is 1. The van der Waals surface area contributed by atoms with Crippen LogP contribution in [0.15, 0.2) is 17.1 Å². The van der Waals surface area contributed by atoms with Crippen molar-refractivity contribution in [2.24, 2.45) is 0 Å². The van der Waals surface area contributed by atoms with E-state index < -0.39 is 0 Å². The maximum absolute atomic E-state index is 11.3. The molecule has 0 aromatic carbocycles. The molecule has 0 radical (unpaired) electrons. The first-order chi connectivity index (χ1) is 6.31. The van der Waals surface area contributed by atoms with Gasteiger partial charge in [-0.1, -0.05) is 0 Å². The maximum atomic E-state index is 11.3. The zero-order valence-corrected chi connectivity index (χ0v) is 8.88. The summed E-state index contributed by atoms with van der Waals surface area (Å²) in [5, 5.41) is 1.13. The van der Waals surface area contributed by atoms with Gasteiger partial charge in [0.2, 0.25) is 0 Å². The standard InChI is InChI=1S/C9H9NO2Se/c1-2-12-9(11)7-5-6-3-4-13-8(6)10-7/h3-5,10H,2H2,1H3. The third kappa shape index (κ3) is 1.55. The fraction of sp³-hybridized carbons (Fsp3) is 0.222. The van der Waals surface area contributed by atoms with Crippen LogP contribution >= 0.6 is 0 Å². The molecular formula is C9H9NO2Se. The number of carbonyl (C=O) groups is 1. The average molecular weight is 242 g/mol. The summed E-state index contributed by atoms with van der Waals surface area (Å²) < 4.78 is 6.04. The Hall–Kier alpha value is -0.991. The van der Waals surface area contributed by atoms with Crippen LogP contribution < -0.4 is 0 Å². The molecule has 0 saturated carbocycles. The van der Waals surface area contributed by atoms with Crippen LogP contribution in [0.1, 0.15) is 17.4 Å². The molecule has 2 aromatic rings. The van der Waals surface area contributed by atoms with Gasteiger partial charge in [-0.25, -0.2) is 0 Å². The van der Waals surface area contributed by atoms with E-state index in [1.165, 1.54) is 0 Å². The van der Waals surface area contributed by atoms with Gasteiger partial charge >= 0.3 is 81.1 Å². The van der Waals surface area contributed by atoms with E-state index in [1.54, 1.807) is 6.92 Å². The Morgan fingerprint density at radius 1 is 1.69 bits per heavy atom. The number of aromatic nitrogens is 1. The first-order valence-corrected chi connectivity index (χ1v) is 5.89. The molecule has 0 fully saturated rings. The van der Waals surface area contributed by atoms with Gasteiger partial charge in [0.05, 0.1) is 0 Å². The van der Waals surface area contributed by atoms with Crippen LogP contribution in [-0.2, 0) is 4.74 Å². The van der Waals surface area contributed by atoms with E-state index in [0.717, 1.165) is 9.78 Å². The predicted molar refractivity (Wildman–Crippen MR) is 51.2 cm³/mol. The number of esters is 1. The molecule has 1 N–H and O–H groups in total. The van der Waals surface area contributed by atoms with Crippen LogP contribution in [0.2, 0.25) is 0 Å². The van der Waals surface area contributed by atoms with Gasteiger partial charge in [0.25, 0.3) is 0 Å². The van der Waals surface area contributed by atoms with Crippen molar-refractivity contribution in [1.29, 1.82) is 0 Å². The van der Waals surface area contributed by atoms with E-state index in [2.05, 4.69) is 9.92 Å². The number of ether oxygens (including phenoxy) is 1. The second-order valence-electron chi connectivity index (χ2n) is 2.61. The van der Waals surface area contributed by atoms with Crippen LogP contribution in [-0.4, -0.2) is 32.1 Å². The van der Waals surface area contributed by atoms with E-state index >= 15 is 0 Å². The summed E-state index contributed by atoms with van der Waals surface area (Å²) in [4.78, 5) is 16.5. The van der Waals surface area contributed by atoms with Crippen LogP contribution in [0, 0.1) is 0 Å². The van der Waals surface area contributed by atoms with Crippen molar-refractivity contribution in [3.8, 4) is 0 Å². The second kappa shape index (κ2) is 3.40. The summed E-state index contributed by atoms with van der Waals surface area (Å²) in [5.74, 6) is -0.263. The van der Waals surface area contributed by atoms with Gasteiger partial charge in [-0.05, 0) is 0 Å². The molecule has 2 rings (SSSR count). The van der Waals surface area contributed by atoms with Crippen molar-refractivity contribution < 1.29 is 9.53 Å². The quantitative estimate of drug-likeness (QED) is 0.639. The van der Waals surface area contributed by atoms with Gasteiger partial charge in [-0.2, -0.15) is 0 Å². The van der Waals surface area contributed by atoms with Crippen molar-refractivity contribution in [2.45, 2.75) is 6.92 Å². The van der Waals surface area contributed by atoms with Crippen molar-refractivity contribution >= 4 is 30.2 Å². The Labute approximate surface area is 81.4 Å². The Balaban J connectivity index is 2.34. The molecule has 3 nitrogen and oxygen atoms in total. The Kier molecular flexibility index (Phi) is 2.25. The van der Waals surface area contributed by atoms with Crippen LogP contribution in [0.5, 0.6) is 0 Å². The molecular weight excluding hydrogens is 233 g/mol. The van der Waals surface area contributed by atoms with Gasteiger partial charge in [0, 0.05) is 0 Å². The molecule has 13 heavy (non-hydrogen) atoms. The molecule has 0 spiro atoms. The molecule has 68 valence electrons. The summed E-state index contributed by atoms with van der Waals surface area (Å²) in [6.07, 6.45) is 0. The predicted octanol–water partition coefficient (Wildman–Crippen LogP) is 1.40. The number of H-pyrrole nitrogens is 1.